The fraction of sp³-hybridized carbons (Fsp3) is 0.312. The quantitative estimate of drug-likeness (QED) is 0.886. The third-order valence-electron chi connectivity index (χ3n) is 3.47. The molecule has 1 amide bonds. The number of nitrogens with zero attached hydrogens (tertiary/aromatic N) is 2. The van der Waals surface area contributed by atoms with E-state index in [0.717, 1.165) is 11.1 Å². The van der Waals surface area contributed by atoms with Crippen molar-refractivity contribution in [2.75, 3.05) is 13.6 Å². The van der Waals surface area contributed by atoms with E-state index in [1.54, 1.807) is 20.0 Å². The fourth-order valence-electron chi connectivity index (χ4n) is 2.08. The van der Waals surface area contributed by atoms with Crippen molar-refractivity contribution >= 4 is 11.9 Å². The van der Waals surface area contributed by atoms with Crippen LogP contribution in [-0.4, -0.2) is 45.7 Å². The van der Waals surface area contributed by atoms with Crippen LogP contribution in [0.15, 0.2) is 30.3 Å². The molecule has 0 spiro atoms. The second kappa shape index (κ2) is 6.43. The van der Waals surface area contributed by atoms with Crippen molar-refractivity contribution in [3.63, 3.8) is 0 Å². The number of carbonyl (C=O) groups is 2. The predicted molar refractivity (Wildman–Crippen MR) is 82.5 cm³/mol. The number of carbonyl (C=O) groups excluding carboxylic acids is 1. The summed E-state index contributed by atoms with van der Waals surface area (Å²) in [4.78, 5) is 24.5. The van der Waals surface area contributed by atoms with E-state index in [1.807, 2.05) is 31.2 Å². The molecule has 0 bridgehead atoms. The van der Waals surface area contributed by atoms with Gasteiger partial charge in [-0.2, -0.15) is 5.10 Å². The molecule has 6 heteroatoms. The minimum atomic E-state index is -0.926. The highest BCUT2D eigenvalue weighted by molar-refractivity contribution is 5.93. The van der Waals surface area contributed by atoms with Crippen LogP contribution in [0.5, 0.6) is 0 Å². The van der Waals surface area contributed by atoms with Crippen molar-refractivity contribution in [3.05, 3.63) is 41.6 Å². The first-order chi connectivity index (χ1) is 10.4. The molecule has 0 aliphatic heterocycles. The Kier molecular flexibility index (Phi) is 4.60. The molecule has 1 heterocycles. The number of hydrogen-bond acceptors (Lipinski definition) is 3. The molecule has 1 atom stereocenters. The lowest BCUT2D eigenvalue weighted by molar-refractivity contribution is -0.141. The number of rotatable bonds is 5. The Bertz CT molecular complexity index is 676. The molecular formula is C16H19N3O3. The highest BCUT2D eigenvalue weighted by Crippen LogP contribution is 2.18. The van der Waals surface area contributed by atoms with Crippen LogP contribution in [0, 0.1) is 12.8 Å². The van der Waals surface area contributed by atoms with Gasteiger partial charge in [-0.3, -0.25) is 14.7 Å². The number of aryl methyl sites for hydroxylation is 1. The lowest BCUT2D eigenvalue weighted by Gasteiger charge is -2.18. The van der Waals surface area contributed by atoms with Gasteiger partial charge in [-0.1, -0.05) is 36.8 Å². The number of carboxylic acids is 1. The van der Waals surface area contributed by atoms with E-state index in [-0.39, 0.29) is 12.5 Å². The highest BCUT2D eigenvalue weighted by Gasteiger charge is 2.20. The third-order valence-corrected chi connectivity index (χ3v) is 3.47. The van der Waals surface area contributed by atoms with Gasteiger partial charge in [-0.05, 0) is 13.0 Å². The smallest absolute Gasteiger partial charge is 0.308 e. The van der Waals surface area contributed by atoms with Gasteiger partial charge in [0, 0.05) is 19.2 Å². The van der Waals surface area contributed by atoms with E-state index in [0.29, 0.717) is 11.4 Å². The van der Waals surface area contributed by atoms with Crippen molar-refractivity contribution < 1.29 is 14.7 Å². The van der Waals surface area contributed by atoms with E-state index in [1.165, 1.54) is 4.90 Å². The number of carboxylic acid groups (broad SMARTS) is 1. The number of aliphatic carboxylic acids is 1. The van der Waals surface area contributed by atoms with Gasteiger partial charge in [0.05, 0.1) is 11.6 Å². The highest BCUT2D eigenvalue weighted by atomic mass is 16.4. The lowest BCUT2D eigenvalue weighted by Crippen LogP contribution is -2.33. The SMILES string of the molecule is Cc1ccc(-c2cc(C(=O)N(C)CC(C)C(=O)O)[nH]n2)cc1. The number of nitrogens with one attached hydrogen (secondary N) is 1. The molecule has 2 rings (SSSR count). The molecule has 2 N–H and O–H groups in total. The Labute approximate surface area is 128 Å². The summed E-state index contributed by atoms with van der Waals surface area (Å²) >= 11 is 0. The van der Waals surface area contributed by atoms with Gasteiger partial charge in [-0.15, -0.1) is 0 Å². The van der Waals surface area contributed by atoms with Crippen molar-refractivity contribution in [2.45, 2.75) is 13.8 Å². The average molecular weight is 301 g/mol. The minimum absolute atomic E-state index is 0.146. The first-order valence-electron chi connectivity index (χ1n) is 6.99. The molecule has 1 aromatic heterocycles. The summed E-state index contributed by atoms with van der Waals surface area (Å²) in [5.41, 5.74) is 3.10. The monoisotopic (exact) mass is 301 g/mol. The molecule has 1 unspecified atom stereocenters. The van der Waals surface area contributed by atoms with Gasteiger partial charge in [0.1, 0.15) is 5.69 Å². The maximum atomic E-state index is 12.3. The number of aromatic nitrogens is 2. The molecule has 2 aromatic rings. The van der Waals surface area contributed by atoms with E-state index in [2.05, 4.69) is 10.2 Å². The Hall–Kier alpha value is -2.63. The maximum absolute atomic E-state index is 12.3. The van der Waals surface area contributed by atoms with Crippen LogP contribution in [0.4, 0.5) is 0 Å². The molecule has 1 aromatic carbocycles. The summed E-state index contributed by atoms with van der Waals surface area (Å²) in [6.45, 7) is 3.71. The number of benzene rings is 1. The Balaban J connectivity index is 2.12. The molecule has 6 nitrogen and oxygen atoms in total. The molecule has 0 saturated heterocycles. The number of aromatic amines is 1. The minimum Gasteiger partial charge on any atom is -0.481 e. The zero-order valence-corrected chi connectivity index (χ0v) is 12.8. The van der Waals surface area contributed by atoms with Crippen molar-refractivity contribution in [3.8, 4) is 11.3 Å². The number of amides is 1. The van der Waals surface area contributed by atoms with Crippen molar-refractivity contribution in [1.29, 1.82) is 0 Å². The Morgan fingerprint density at radius 1 is 1.32 bits per heavy atom. The average Bonchev–Trinajstić information content (AvgIpc) is 2.96. The topological polar surface area (TPSA) is 86.3 Å². The molecule has 0 fully saturated rings. The van der Waals surface area contributed by atoms with Crippen LogP contribution in [-0.2, 0) is 4.79 Å². The maximum Gasteiger partial charge on any atom is 0.308 e. The van der Waals surface area contributed by atoms with Crippen LogP contribution in [0.3, 0.4) is 0 Å². The molecule has 22 heavy (non-hydrogen) atoms. The summed E-state index contributed by atoms with van der Waals surface area (Å²) in [5, 5.41) is 15.8. The Morgan fingerprint density at radius 2 is 1.95 bits per heavy atom. The second-order valence-corrected chi connectivity index (χ2v) is 5.46. The molecule has 0 radical (unpaired) electrons. The van der Waals surface area contributed by atoms with E-state index >= 15 is 0 Å². The van der Waals surface area contributed by atoms with E-state index < -0.39 is 11.9 Å². The largest absolute Gasteiger partial charge is 0.481 e. The summed E-state index contributed by atoms with van der Waals surface area (Å²) in [6.07, 6.45) is 0. The van der Waals surface area contributed by atoms with E-state index in [4.69, 9.17) is 5.11 Å². The molecule has 0 aliphatic rings. The number of H-pyrrole nitrogens is 1. The van der Waals surface area contributed by atoms with Crippen LogP contribution >= 0.6 is 0 Å². The van der Waals surface area contributed by atoms with Gasteiger partial charge in [-0.25, -0.2) is 0 Å². The van der Waals surface area contributed by atoms with Crippen LogP contribution < -0.4 is 0 Å². The van der Waals surface area contributed by atoms with Gasteiger partial charge in [0.15, 0.2) is 0 Å². The van der Waals surface area contributed by atoms with Crippen LogP contribution in [0.2, 0.25) is 0 Å². The zero-order chi connectivity index (χ0) is 16.3. The molecule has 0 aliphatic carbocycles. The predicted octanol–water partition coefficient (Wildman–Crippen LogP) is 2.18. The van der Waals surface area contributed by atoms with Crippen molar-refractivity contribution in [2.24, 2.45) is 5.92 Å². The first-order valence-corrected chi connectivity index (χ1v) is 6.99. The van der Waals surface area contributed by atoms with Crippen LogP contribution in [0.25, 0.3) is 11.3 Å². The zero-order valence-electron chi connectivity index (χ0n) is 12.8. The van der Waals surface area contributed by atoms with Crippen molar-refractivity contribution in [1.82, 2.24) is 15.1 Å². The molecule has 116 valence electrons. The summed E-state index contributed by atoms with van der Waals surface area (Å²) in [7, 11) is 1.58. The normalized spacial score (nSPS) is 12.0. The molecular weight excluding hydrogens is 282 g/mol. The standard InChI is InChI=1S/C16H19N3O3/c1-10-4-6-12(7-5-10)13-8-14(18-17-13)15(20)19(3)9-11(2)16(21)22/h4-8,11H,9H2,1-3H3,(H,17,18)(H,21,22). The van der Waals surface area contributed by atoms with Gasteiger partial charge < -0.3 is 10.0 Å². The lowest BCUT2D eigenvalue weighted by atomic mass is 10.1. The molecule has 0 saturated carbocycles. The number of hydrogen-bond donors (Lipinski definition) is 2. The third kappa shape index (κ3) is 3.52. The summed E-state index contributed by atoms with van der Waals surface area (Å²) in [6, 6.07) is 9.51. The summed E-state index contributed by atoms with van der Waals surface area (Å²) in [5.74, 6) is -1.82. The van der Waals surface area contributed by atoms with E-state index in [9.17, 15) is 9.59 Å². The Morgan fingerprint density at radius 3 is 2.55 bits per heavy atom. The second-order valence-electron chi connectivity index (χ2n) is 5.46. The summed E-state index contributed by atoms with van der Waals surface area (Å²) < 4.78 is 0. The van der Waals surface area contributed by atoms with Gasteiger partial charge >= 0.3 is 5.97 Å². The van der Waals surface area contributed by atoms with Gasteiger partial charge in [0.25, 0.3) is 5.91 Å². The first kappa shape index (κ1) is 15.8. The fourth-order valence-corrected chi connectivity index (χ4v) is 2.08. The van der Waals surface area contributed by atoms with Crippen LogP contribution in [0.1, 0.15) is 23.0 Å². The van der Waals surface area contributed by atoms with Gasteiger partial charge in [0.2, 0.25) is 0 Å².